The fraction of sp³-hybridized carbons (Fsp3) is 0.526. The van der Waals surface area contributed by atoms with Crippen LogP contribution >= 0.6 is 0 Å². The van der Waals surface area contributed by atoms with Gasteiger partial charge >= 0.3 is 5.97 Å². The van der Waals surface area contributed by atoms with E-state index in [-0.39, 0.29) is 12.0 Å². The summed E-state index contributed by atoms with van der Waals surface area (Å²) in [5.41, 5.74) is 9.78. The first kappa shape index (κ1) is 17.0. The van der Waals surface area contributed by atoms with Crippen molar-refractivity contribution in [2.45, 2.75) is 58.2 Å². The minimum absolute atomic E-state index is 0.00447. The van der Waals surface area contributed by atoms with Crippen molar-refractivity contribution < 1.29 is 9.53 Å². The van der Waals surface area contributed by atoms with Gasteiger partial charge in [-0.25, -0.2) is 4.79 Å². The lowest BCUT2D eigenvalue weighted by atomic mass is 9.88. The first-order valence-corrected chi connectivity index (χ1v) is 8.65. The predicted octanol–water partition coefficient (Wildman–Crippen LogP) is 3.05. The van der Waals surface area contributed by atoms with Crippen molar-refractivity contribution in [2.75, 3.05) is 6.54 Å². The molecule has 0 amide bonds. The molecule has 0 saturated heterocycles. The number of carbonyl (C=O) groups is 1. The summed E-state index contributed by atoms with van der Waals surface area (Å²) in [5.74, 6) is -0.289. The summed E-state index contributed by atoms with van der Waals surface area (Å²) in [7, 11) is 0. The number of hydrogen-bond donors (Lipinski definition) is 3. The van der Waals surface area contributed by atoms with Crippen molar-refractivity contribution in [3.8, 4) is 0 Å². The van der Waals surface area contributed by atoms with Crippen LogP contribution in [-0.2, 0) is 11.2 Å². The quantitative estimate of drug-likeness (QED) is 0.756. The van der Waals surface area contributed by atoms with Crippen LogP contribution in [-0.4, -0.2) is 29.1 Å². The van der Waals surface area contributed by atoms with Gasteiger partial charge < -0.3 is 20.8 Å². The number of aromatic nitrogens is 1. The van der Waals surface area contributed by atoms with Gasteiger partial charge in [0.15, 0.2) is 0 Å². The van der Waals surface area contributed by atoms with E-state index in [2.05, 4.69) is 17.2 Å². The SMILES string of the molecule is CCNC1Cc2c([nH]c3ccc(C(=O)OC(C)(C)C)cc23)C(N)C1. The van der Waals surface area contributed by atoms with E-state index < -0.39 is 5.60 Å². The summed E-state index contributed by atoms with van der Waals surface area (Å²) in [6, 6.07) is 6.06. The van der Waals surface area contributed by atoms with E-state index in [4.69, 9.17) is 10.5 Å². The number of rotatable bonds is 3. The van der Waals surface area contributed by atoms with Gasteiger partial charge in [0.05, 0.1) is 5.56 Å². The van der Waals surface area contributed by atoms with Crippen LogP contribution in [0.3, 0.4) is 0 Å². The molecule has 3 rings (SSSR count). The summed E-state index contributed by atoms with van der Waals surface area (Å²) in [6.45, 7) is 8.67. The molecule has 0 saturated carbocycles. The standard InChI is InChI=1S/C19H27N3O2/c1-5-21-12-9-14-13-8-11(18(23)24-19(2,3)4)6-7-16(13)22-17(14)15(20)10-12/h6-8,12,15,21-22H,5,9-10,20H2,1-4H3. The van der Waals surface area contributed by atoms with E-state index >= 15 is 0 Å². The van der Waals surface area contributed by atoms with Gasteiger partial charge in [-0.1, -0.05) is 6.92 Å². The molecule has 0 aliphatic heterocycles. The number of hydrogen-bond acceptors (Lipinski definition) is 4. The van der Waals surface area contributed by atoms with Gasteiger partial charge in [-0.3, -0.25) is 0 Å². The summed E-state index contributed by atoms with van der Waals surface area (Å²) in [4.78, 5) is 15.8. The zero-order valence-electron chi connectivity index (χ0n) is 14.9. The predicted molar refractivity (Wildman–Crippen MR) is 96.2 cm³/mol. The first-order valence-electron chi connectivity index (χ1n) is 8.65. The maximum absolute atomic E-state index is 12.4. The lowest BCUT2D eigenvalue weighted by molar-refractivity contribution is 0.00697. The fourth-order valence-electron chi connectivity index (χ4n) is 3.47. The molecule has 2 unspecified atom stereocenters. The Kier molecular flexibility index (Phi) is 4.40. The second-order valence-corrected chi connectivity index (χ2v) is 7.58. The van der Waals surface area contributed by atoms with E-state index in [1.807, 2.05) is 39.0 Å². The van der Waals surface area contributed by atoms with Gasteiger partial charge in [0.1, 0.15) is 5.60 Å². The van der Waals surface area contributed by atoms with E-state index in [1.54, 1.807) is 0 Å². The zero-order valence-corrected chi connectivity index (χ0v) is 14.9. The van der Waals surface area contributed by atoms with Gasteiger partial charge in [0, 0.05) is 28.7 Å². The molecule has 5 nitrogen and oxygen atoms in total. The van der Waals surface area contributed by atoms with E-state index in [9.17, 15) is 4.79 Å². The maximum Gasteiger partial charge on any atom is 0.338 e. The number of benzene rings is 1. The van der Waals surface area contributed by atoms with Crippen LogP contribution < -0.4 is 11.1 Å². The number of fused-ring (bicyclic) bond motifs is 3. The number of carbonyl (C=O) groups excluding carboxylic acids is 1. The summed E-state index contributed by atoms with van der Waals surface area (Å²) in [5, 5.41) is 4.57. The molecule has 130 valence electrons. The highest BCUT2D eigenvalue weighted by molar-refractivity contribution is 5.96. The van der Waals surface area contributed by atoms with Crippen molar-refractivity contribution in [1.29, 1.82) is 0 Å². The Hall–Kier alpha value is -1.85. The molecule has 0 fully saturated rings. The highest BCUT2D eigenvalue weighted by Crippen LogP contribution is 2.34. The van der Waals surface area contributed by atoms with Crippen molar-refractivity contribution in [2.24, 2.45) is 5.73 Å². The summed E-state index contributed by atoms with van der Waals surface area (Å²) < 4.78 is 5.49. The largest absolute Gasteiger partial charge is 0.456 e. The molecule has 0 radical (unpaired) electrons. The molecule has 0 spiro atoms. The van der Waals surface area contributed by atoms with Crippen LogP contribution in [0.5, 0.6) is 0 Å². The third kappa shape index (κ3) is 3.32. The molecular weight excluding hydrogens is 302 g/mol. The zero-order chi connectivity index (χ0) is 17.5. The average Bonchev–Trinajstić information content (AvgIpc) is 2.84. The van der Waals surface area contributed by atoms with Crippen LogP contribution in [0.2, 0.25) is 0 Å². The van der Waals surface area contributed by atoms with Crippen LogP contribution in [0.25, 0.3) is 10.9 Å². The van der Waals surface area contributed by atoms with Gasteiger partial charge in [0.2, 0.25) is 0 Å². The molecule has 0 bridgehead atoms. The third-order valence-corrected chi connectivity index (χ3v) is 4.43. The normalized spacial score (nSPS) is 20.9. The smallest absolute Gasteiger partial charge is 0.338 e. The Bertz CT molecular complexity index is 758. The molecule has 1 aliphatic carbocycles. The minimum atomic E-state index is -0.498. The Labute approximate surface area is 142 Å². The number of esters is 1. The first-order chi connectivity index (χ1) is 11.3. The number of likely N-dealkylation sites (N-methyl/N-ethyl adjacent to an activating group) is 1. The highest BCUT2D eigenvalue weighted by Gasteiger charge is 2.28. The van der Waals surface area contributed by atoms with Crippen LogP contribution in [0.1, 0.15) is 61.8 Å². The Morgan fingerprint density at radius 1 is 1.42 bits per heavy atom. The van der Waals surface area contributed by atoms with E-state index in [1.165, 1.54) is 5.56 Å². The summed E-state index contributed by atoms with van der Waals surface area (Å²) >= 11 is 0. The molecule has 2 atom stereocenters. The lowest BCUT2D eigenvalue weighted by Gasteiger charge is -2.27. The van der Waals surface area contributed by atoms with Gasteiger partial charge in [-0.15, -0.1) is 0 Å². The van der Waals surface area contributed by atoms with Crippen LogP contribution in [0.15, 0.2) is 18.2 Å². The topological polar surface area (TPSA) is 80.1 Å². The van der Waals surface area contributed by atoms with Crippen LogP contribution in [0, 0.1) is 0 Å². The number of ether oxygens (including phenoxy) is 1. The molecule has 24 heavy (non-hydrogen) atoms. The molecule has 4 N–H and O–H groups in total. The Morgan fingerprint density at radius 3 is 2.83 bits per heavy atom. The third-order valence-electron chi connectivity index (χ3n) is 4.43. The van der Waals surface area contributed by atoms with Gasteiger partial charge in [-0.05, 0) is 63.9 Å². The Balaban J connectivity index is 1.98. The van der Waals surface area contributed by atoms with Crippen molar-refractivity contribution in [3.63, 3.8) is 0 Å². The molecule has 1 aromatic heterocycles. The molecule has 1 aliphatic rings. The van der Waals surface area contributed by atoms with Gasteiger partial charge in [-0.2, -0.15) is 0 Å². The van der Waals surface area contributed by atoms with E-state index in [0.29, 0.717) is 11.6 Å². The lowest BCUT2D eigenvalue weighted by Crippen LogP contribution is -2.37. The fourth-order valence-corrected chi connectivity index (χ4v) is 3.47. The van der Waals surface area contributed by atoms with Crippen molar-refractivity contribution >= 4 is 16.9 Å². The van der Waals surface area contributed by atoms with Crippen molar-refractivity contribution in [1.82, 2.24) is 10.3 Å². The molecular formula is C19H27N3O2. The number of nitrogens with two attached hydrogens (primary N) is 1. The second kappa shape index (κ2) is 6.22. The average molecular weight is 329 g/mol. The minimum Gasteiger partial charge on any atom is -0.456 e. The monoisotopic (exact) mass is 329 g/mol. The van der Waals surface area contributed by atoms with E-state index in [0.717, 1.165) is 36.0 Å². The molecule has 1 heterocycles. The van der Waals surface area contributed by atoms with Crippen LogP contribution in [0.4, 0.5) is 0 Å². The number of nitrogens with one attached hydrogen (secondary N) is 2. The Morgan fingerprint density at radius 2 is 2.17 bits per heavy atom. The number of aromatic amines is 1. The second-order valence-electron chi connectivity index (χ2n) is 7.58. The van der Waals surface area contributed by atoms with Gasteiger partial charge in [0.25, 0.3) is 0 Å². The highest BCUT2D eigenvalue weighted by atomic mass is 16.6. The maximum atomic E-state index is 12.4. The molecule has 1 aromatic carbocycles. The summed E-state index contributed by atoms with van der Waals surface area (Å²) in [6.07, 6.45) is 1.85. The van der Waals surface area contributed by atoms with Crippen molar-refractivity contribution in [3.05, 3.63) is 35.0 Å². The molecule has 5 heteroatoms. The molecule has 2 aromatic rings. The number of H-pyrrole nitrogens is 1.